The van der Waals surface area contributed by atoms with Gasteiger partial charge in [-0.1, -0.05) is 13.8 Å². The number of aromatic hydroxyl groups is 1. The molecule has 0 unspecified atom stereocenters. The van der Waals surface area contributed by atoms with Gasteiger partial charge in [0.15, 0.2) is 5.60 Å². The maximum absolute atomic E-state index is 12.9. The average Bonchev–Trinajstić information content (AvgIpc) is 2.41. The summed E-state index contributed by atoms with van der Waals surface area (Å²) in [7, 11) is 0. The van der Waals surface area contributed by atoms with Crippen molar-refractivity contribution in [2.75, 3.05) is 11.4 Å². The number of hydrogen-bond acceptors (Lipinski definition) is 4. The van der Waals surface area contributed by atoms with Crippen LogP contribution in [0.1, 0.15) is 40.5 Å². The summed E-state index contributed by atoms with van der Waals surface area (Å²) < 4.78 is 5.99. The molecule has 0 fully saturated rings. The Bertz CT molecular complexity index is 545. The molecule has 0 atom stereocenters. The van der Waals surface area contributed by atoms with Crippen molar-refractivity contribution < 1.29 is 14.6 Å². The summed E-state index contributed by atoms with van der Waals surface area (Å²) >= 11 is 0. The molecule has 0 spiro atoms. The molecule has 3 N–H and O–H groups in total. The van der Waals surface area contributed by atoms with Gasteiger partial charge < -0.3 is 20.5 Å². The third-order valence-electron chi connectivity index (χ3n) is 3.88. The van der Waals surface area contributed by atoms with E-state index >= 15 is 0 Å². The number of benzene rings is 1. The lowest BCUT2D eigenvalue weighted by Gasteiger charge is -2.43. The molecule has 5 heteroatoms. The largest absolute Gasteiger partial charge is 0.508 e. The van der Waals surface area contributed by atoms with Crippen LogP contribution in [-0.2, 0) is 4.79 Å². The van der Waals surface area contributed by atoms with Gasteiger partial charge in [0, 0.05) is 18.2 Å². The average molecular weight is 292 g/mol. The predicted molar refractivity (Wildman–Crippen MR) is 82.7 cm³/mol. The minimum atomic E-state index is -0.852. The van der Waals surface area contributed by atoms with Crippen molar-refractivity contribution in [3.63, 3.8) is 0 Å². The molecule has 21 heavy (non-hydrogen) atoms. The van der Waals surface area contributed by atoms with Crippen LogP contribution in [-0.4, -0.2) is 28.7 Å². The molecule has 0 bridgehead atoms. The number of ether oxygens (including phenoxy) is 1. The summed E-state index contributed by atoms with van der Waals surface area (Å²) in [6, 6.07) is 4.82. The van der Waals surface area contributed by atoms with Crippen LogP contribution < -0.4 is 15.4 Å². The number of anilines is 1. The van der Waals surface area contributed by atoms with Crippen molar-refractivity contribution in [3.8, 4) is 11.5 Å². The number of rotatable bonds is 4. The number of fused-ring (bicyclic) bond motifs is 1. The minimum Gasteiger partial charge on any atom is -0.508 e. The Morgan fingerprint density at radius 2 is 1.95 bits per heavy atom. The van der Waals surface area contributed by atoms with Crippen LogP contribution in [0.4, 0.5) is 5.69 Å². The molecule has 1 aliphatic rings. The van der Waals surface area contributed by atoms with Gasteiger partial charge in [0.1, 0.15) is 11.5 Å². The summed E-state index contributed by atoms with van der Waals surface area (Å²) in [5, 5.41) is 9.71. The topological polar surface area (TPSA) is 75.8 Å². The molecule has 0 aliphatic carbocycles. The van der Waals surface area contributed by atoms with Crippen LogP contribution in [0.25, 0.3) is 0 Å². The minimum absolute atomic E-state index is 0.0934. The summed E-state index contributed by atoms with van der Waals surface area (Å²) in [6.07, 6.45) is 1.17. The second-order valence-electron chi connectivity index (χ2n) is 6.34. The van der Waals surface area contributed by atoms with E-state index in [9.17, 15) is 9.90 Å². The second kappa shape index (κ2) is 5.22. The molecule has 1 amide bonds. The maximum Gasteiger partial charge on any atom is 0.271 e. The molecular formula is C16H24N2O3. The Morgan fingerprint density at radius 1 is 1.33 bits per heavy atom. The molecule has 1 aliphatic heterocycles. The first-order valence-electron chi connectivity index (χ1n) is 7.35. The highest BCUT2D eigenvalue weighted by Gasteiger charge is 2.46. The van der Waals surface area contributed by atoms with Gasteiger partial charge in [0.05, 0.1) is 5.69 Å². The molecule has 5 nitrogen and oxygen atoms in total. The van der Waals surface area contributed by atoms with Gasteiger partial charge in [-0.2, -0.15) is 0 Å². The fourth-order valence-electron chi connectivity index (χ4n) is 2.67. The van der Waals surface area contributed by atoms with E-state index in [1.54, 1.807) is 23.1 Å². The van der Waals surface area contributed by atoms with E-state index in [0.29, 0.717) is 30.8 Å². The highest BCUT2D eigenvalue weighted by atomic mass is 16.5. The normalized spacial score (nSPS) is 17.4. The van der Waals surface area contributed by atoms with Gasteiger partial charge in [-0.15, -0.1) is 0 Å². The molecule has 1 aromatic carbocycles. The zero-order valence-corrected chi connectivity index (χ0v) is 13.1. The molecule has 2 rings (SSSR count). The lowest BCUT2D eigenvalue weighted by molar-refractivity contribution is -0.136. The summed E-state index contributed by atoms with van der Waals surface area (Å²) in [5.41, 5.74) is 5.29. The Morgan fingerprint density at radius 3 is 2.48 bits per heavy atom. The smallest absolute Gasteiger partial charge is 0.271 e. The number of hydrogen-bond donors (Lipinski definition) is 2. The van der Waals surface area contributed by atoms with Crippen LogP contribution in [0, 0.1) is 0 Å². The van der Waals surface area contributed by atoms with Crippen molar-refractivity contribution in [1.82, 2.24) is 0 Å². The quantitative estimate of drug-likeness (QED) is 0.893. The molecule has 0 radical (unpaired) electrons. The number of nitrogens with two attached hydrogens (primary N) is 1. The molecule has 1 heterocycles. The van der Waals surface area contributed by atoms with Crippen molar-refractivity contribution in [1.29, 1.82) is 0 Å². The van der Waals surface area contributed by atoms with Gasteiger partial charge in [0.25, 0.3) is 5.91 Å². The lowest BCUT2D eigenvalue weighted by Crippen LogP contribution is -2.59. The zero-order valence-electron chi connectivity index (χ0n) is 13.1. The number of phenolic OH excluding ortho intramolecular Hbond substituents is 1. The molecule has 0 saturated heterocycles. The Labute approximate surface area is 125 Å². The van der Waals surface area contributed by atoms with E-state index in [1.165, 1.54) is 0 Å². The van der Waals surface area contributed by atoms with Gasteiger partial charge in [-0.25, -0.2) is 0 Å². The molecular weight excluding hydrogens is 268 g/mol. The number of amides is 1. The Hall–Kier alpha value is -1.75. The first kappa shape index (κ1) is 15.6. The van der Waals surface area contributed by atoms with Gasteiger partial charge in [-0.05, 0) is 38.8 Å². The number of phenols is 1. The SMILES string of the molecule is CCC1(CC)Oc2ccc(O)cc2N(CC(C)(C)N)C1=O. The molecule has 116 valence electrons. The Kier molecular flexibility index (Phi) is 3.89. The first-order chi connectivity index (χ1) is 9.72. The maximum atomic E-state index is 12.9. The van der Waals surface area contributed by atoms with E-state index in [4.69, 9.17) is 10.5 Å². The van der Waals surface area contributed by atoms with Crippen molar-refractivity contribution in [2.45, 2.75) is 51.7 Å². The highest BCUT2D eigenvalue weighted by molar-refractivity contribution is 6.03. The summed E-state index contributed by atoms with van der Waals surface area (Å²) in [6.45, 7) is 8.00. The summed E-state index contributed by atoms with van der Waals surface area (Å²) in [5.74, 6) is 0.620. The van der Waals surface area contributed by atoms with Crippen molar-refractivity contribution in [3.05, 3.63) is 18.2 Å². The van der Waals surface area contributed by atoms with E-state index in [2.05, 4.69) is 0 Å². The Balaban J connectivity index is 2.55. The van der Waals surface area contributed by atoms with Crippen LogP contribution in [0.3, 0.4) is 0 Å². The van der Waals surface area contributed by atoms with E-state index in [0.717, 1.165) is 0 Å². The highest BCUT2D eigenvalue weighted by Crippen LogP contribution is 2.42. The van der Waals surface area contributed by atoms with Gasteiger partial charge >= 0.3 is 0 Å². The van der Waals surface area contributed by atoms with Crippen LogP contribution in [0.2, 0.25) is 0 Å². The van der Waals surface area contributed by atoms with Crippen molar-refractivity contribution in [2.24, 2.45) is 5.73 Å². The molecule has 0 aromatic heterocycles. The number of nitrogens with zero attached hydrogens (tertiary/aromatic N) is 1. The van der Waals surface area contributed by atoms with E-state index < -0.39 is 11.1 Å². The molecule has 1 aromatic rings. The van der Waals surface area contributed by atoms with E-state index in [-0.39, 0.29) is 11.7 Å². The summed E-state index contributed by atoms with van der Waals surface area (Å²) in [4.78, 5) is 14.6. The standard InChI is InChI=1S/C16H24N2O3/c1-5-16(6-2)14(20)18(10-15(3,4)17)12-9-11(19)7-8-13(12)21-16/h7-9,19H,5-6,10,17H2,1-4H3. The predicted octanol–water partition coefficient (Wildman–Crippen LogP) is 2.41. The third kappa shape index (κ3) is 2.83. The zero-order chi connectivity index (χ0) is 15.8. The lowest BCUT2D eigenvalue weighted by atomic mass is 9.91. The van der Waals surface area contributed by atoms with Crippen LogP contribution >= 0.6 is 0 Å². The van der Waals surface area contributed by atoms with Gasteiger partial charge in [0.2, 0.25) is 0 Å². The second-order valence-corrected chi connectivity index (χ2v) is 6.34. The first-order valence-corrected chi connectivity index (χ1v) is 7.35. The monoisotopic (exact) mass is 292 g/mol. The van der Waals surface area contributed by atoms with Crippen LogP contribution in [0.5, 0.6) is 11.5 Å². The van der Waals surface area contributed by atoms with Crippen molar-refractivity contribution >= 4 is 11.6 Å². The number of carbonyl (C=O) groups is 1. The van der Waals surface area contributed by atoms with Gasteiger partial charge in [-0.3, -0.25) is 4.79 Å². The third-order valence-corrected chi connectivity index (χ3v) is 3.88. The van der Waals surface area contributed by atoms with Crippen LogP contribution in [0.15, 0.2) is 18.2 Å². The molecule has 0 saturated carbocycles. The fourth-order valence-corrected chi connectivity index (χ4v) is 2.67. The van der Waals surface area contributed by atoms with E-state index in [1.807, 2.05) is 27.7 Å². The number of carbonyl (C=O) groups excluding carboxylic acids is 1. The fraction of sp³-hybridized carbons (Fsp3) is 0.562.